The minimum atomic E-state index is -0.346. The topological polar surface area (TPSA) is 73.6 Å². The summed E-state index contributed by atoms with van der Waals surface area (Å²) in [5.74, 6) is 1.49. The quantitative estimate of drug-likeness (QED) is 0.818. The van der Waals surface area contributed by atoms with Gasteiger partial charge in [-0.1, -0.05) is 18.2 Å². The Morgan fingerprint density at radius 2 is 2.04 bits per heavy atom. The molecule has 3 N–H and O–H groups in total. The van der Waals surface area contributed by atoms with Gasteiger partial charge in [-0.05, 0) is 44.2 Å². The van der Waals surface area contributed by atoms with E-state index in [1.54, 1.807) is 0 Å². The van der Waals surface area contributed by atoms with Gasteiger partial charge in [0.25, 0.3) is 0 Å². The maximum Gasteiger partial charge on any atom is 0.223 e. The van der Waals surface area contributed by atoms with E-state index in [-0.39, 0.29) is 17.6 Å². The second-order valence-electron chi connectivity index (χ2n) is 6.89. The number of rotatable bonds is 5. The number of anilines is 1. The molecule has 25 heavy (non-hydrogen) atoms. The zero-order valence-electron chi connectivity index (χ0n) is 14.6. The number of hydrogen-bond donors (Lipinski definition) is 2. The summed E-state index contributed by atoms with van der Waals surface area (Å²) in [5.41, 5.74) is 7.14. The van der Waals surface area contributed by atoms with Crippen LogP contribution in [0.1, 0.15) is 38.3 Å². The molecule has 1 aliphatic rings. The summed E-state index contributed by atoms with van der Waals surface area (Å²) in [6, 6.07) is 14.9. The molecule has 1 aliphatic heterocycles. The normalized spacial score (nSPS) is 17.9. The van der Waals surface area contributed by atoms with Crippen molar-refractivity contribution in [3.8, 4) is 11.5 Å². The van der Waals surface area contributed by atoms with Crippen LogP contribution < -0.4 is 20.5 Å². The van der Waals surface area contributed by atoms with Crippen molar-refractivity contribution in [1.82, 2.24) is 5.32 Å². The molecule has 0 bridgehead atoms. The van der Waals surface area contributed by atoms with Gasteiger partial charge in [0.2, 0.25) is 5.91 Å². The van der Waals surface area contributed by atoms with Crippen molar-refractivity contribution in [2.45, 2.75) is 38.3 Å². The summed E-state index contributed by atoms with van der Waals surface area (Å²) in [7, 11) is 0. The molecule has 3 rings (SSSR count). The number of amides is 1. The smallest absolute Gasteiger partial charge is 0.223 e. The number of nitrogen functional groups attached to an aromatic ring is 1. The Morgan fingerprint density at radius 1 is 1.28 bits per heavy atom. The lowest BCUT2D eigenvalue weighted by Gasteiger charge is -2.38. The van der Waals surface area contributed by atoms with Gasteiger partial charge < -0.3 is 20.5 Å². The number of nitrogens with one attached hydrogen (secondary N) is 1. The highest BCUT2D eigenvalue weighted by molar-refractivity contribution is 5.77. The van der Waals surface area contributed by atoms with E-state index in [1.165, 1.54) is 0 Å². The Balaban J connectivity index is 1.61. The second-order valence-corrected chi connectivity index (χ2v) is 6.89. The molecule has 1 amide bonds. The lowest BCUT2D eigenvalue weighted by Crippen LogP contribution is -2.41. The fraction of sp³-hybridized carbons (Fsp3) is 0.350. The molecule has 0 spiro atoms. The number of hydrogen-bond acceptors (Lipinski definition) is 4. The molecular formula is C20H24N2O3. The van der Waals surface area contributed by atoms with Crippen molar-refractivity contribution in [2.75, 3.05) is 12.3 Å². The van der Waals surface area contributed by atoms with E-state index in [1.807, 2.05) is 62.4 Å². The van der Waals surface area contributed by atoms with Gasteiger partial charge in [-0.2, -0.15) is 0 Å². The average molecular weight is 340 g/mol. The summed E-state index contributed by atoms with van der Waals surface area (Å²) in [5, 5.41) is 3.09. The van der Waals surface area contributed by atoms with Gasteiger partial charge >= 0.3 is 0 Å². The minimum Gasteiger partial charge on any atom is -0.493 e. The molecule has 132 valence electrons. The summed E-state index contributed by atoms with van der Waals surface area (Å²) < 4.78 is 11.6. The molecule has 0 saturated heterocycles. The summed E-state index contributed by atoms with van der Waals surface area (Å²) in [4.78, 5) is 12.3. The highest BCUT2D eigenvalue weighted by Crippen LogP contribution is 2.40. The molecule has 0 aliphatic carbocycles. The van der Waals surface area contributed by atoms with Gasteiger partial charge in [-0.15, -0.1) is 0 Å². The molecule has 0 saturated carbocycles. The van der Waals surface area contributed by atoms with E-state index < -0.39 is 0 Å². The molecule has 0 fully saturated rings. The van der Waals surface area contributed by atoms with Gasteiger partial charge in [0.05, 0.1) is 19.1 Å². The fourth-order valence-corrected chi connectivity index (χ4v) is 3.05. The van der Waals surface area contributed by atoms with Crippen molar-refractivity contribution in [3.63, 3.8) is 0 Å². The Bertz CT molecular complexity index is 744. The molecule has 5 heteroatoms. The molecular weight excluding hydrogens is 316 g/mol. The lowest BCUT2D eigenvalue weighted by molar-refractivity contribution is -0.122. The molecule has 2 aromatic carbocycles. The van der Waals surface area contributed by atoms with Crippen molar-refractivity contribution in [2.24, 2.45) is 0 Å². The van der Waals surface area contributed by atoms with E-state index in [0.717, 1.165) is 17.1 Å². The highest BCUT2D eigenvalue weighted by Gasteiger charge is 2.34. The van der Waals surface area contributed by atoms with E-state index in [4.69, 9.17) is 15.2 Å². The van der Waals surface area contributed by atoms with Crippen LogP contribution in [0.2, 0.25) is 0 Å². The SMILES string of the molecule is CC1(C)CC(NC(=O)CCOc2ccccc2)c2cc(N)ccc2O1. The molecule has 5 nitrogen and oxygen atoms in total. The monoisotopic (exact) mass is 340 g/mol. The van der Waals surface area contributed by atoms with E-state index in [9.17, 15) is 4.79 Å². The van der Waals surface area contributed by atoms with Gasteiger partial charge in [-0.3, -0.25) is 4.79 Å². The molecule has 2 aromatic rings. The number of para-hydroxylation sites is 1. The van der Waals surface area contributed by atoms with E-state index in [2.05, 4.69) is 5.32 Å². The van der Waals surface area contributed by atoms with E-state index in [0.29, 0.717) is 25.1 Å². The zero-order chi connectivity index (χ0) is 17.9. The second kappa shape index (κ2) is 7.05. The van der Waals surface area contributed by atoms with Crippen LogP contribution in [-0.2, 0) is 4.79 Å². The van der Waals surface area contributed by atoms with Crippen LogP contribution in [0.3, 0.4) is 0 Å². The van der Waals surface area contributed by atoms with E-state index >= 15 is 0 Å². The molecule has 0 radical (unpaired) electrons. The number of nitrogens with two attached hydrogens (primary N) is 1. The first-order valence-corrected chi connectivity index (χ1v) is 8.49. The standard InChI is InChI=1S/C20H24N2O3/c1-20(2)13-17(16-12-14(21)8-9-18(16)25-20)22-19(23)10-11-24-15-6-4-3-5-7-15/h3-9,12,17H,10-11,13,21H2,1-2H3,(H,22,23). The number of carbonyl (C=O) groups excluding carboxylic acids is 1. The number of ether oxygens (including phenoxy) is 2. The molecule has 1 atom stereocenters. The van der Waals surface area contributed by atoms with Gasteiger partial charge in [-0.25, -0.2) is 0 Å². The van der Waals surface area contributed by atoms with Crippen LogP contribution in [0, 0.1) is 0 Å². The third kappa shape index (κ3) is 4.44. The highest BCUT2D eigenvalue weighted by atomic mass is 16.5. The first-order chi connectivity index (χ1) is 11.9. The zero-order valence-corrected chi connectivity index (χ0v) is 14.6. The first-order valence-electron chi connectivity index (χ1n) is 8.49. The number of fused-ring (bicyclic) bond motifs is 1. The van der Waals surface area contributed by atoms with Gasteiger partial charge in [0.1, 0.15) is 17.1 Å². The van der Waals surface area contributed by atoms with Crippen molar-refractivity contribution in [3.05, 3.63) is 54.1 Å². The average Bonchev–Trinajstić information content (AvgIpc) is 2.56. The molecule has 0 aromatic heterocycles. The first kappa shape index (κ1) is 17.1. The number of carbonyl (C=O) groups is 1. The fourth-order valence-electron chi connectivity index (χ4n) is 3.05. The lowest BCUT2D eigenvalue weighted by atomic mass is 9.89. The summed E-state index contributed by atoms with van der Waals surface area (Å²) in [6.45, 7) is 4.38. The predicted molar refractivity (Wildman–Crippen MR) is 97.6 cm³/mol. The Kier molecular flexibility index (Phi) is 4.83. The molecule has 1 unspecified atom stereocenters. The maximum absolute atomic E-state index is 12.3. The Hall–Kier alpha value is -2.69. The maximum atomic E-state index is 12.3. The van der Waals surface area contributed by atoms with Gasteiger partial charge in [0.15, 0.2) is 0 Å². The predicted octanol–water partition coefficient (Wildman–Crippen LogP) is 3.46. The summed E-state index contributed by atoms with van der Waals surface area (Å²) in [6.07, 6.45) is 0.985. The third-order valence-electron chi connectivity index (χ3n) is 4.17. The van der Waals surface area contributed by atoms with Crippen LogP contribution in [-0.4, -0.2) is 18.1 Å². The van der Waals surface area contributed by atoms with Crippen molar-refractivity contribution < 1.29 is 14.3 Å². The van der Waals surface area contributed by atoms with Crippen LogP contribution in [0.4, 0.5) is 5.69 Å². The van der Waals surface area contributed by atoms with Crippen LogP contribution in [0.25, 0.3) is 0 Å². The third-order valence-corrected chi connectivity index (χ3v) is 4.17. The summed E-state index contributed by atoms with van der Waals surface area (Å²) >= 11 is 0. The Morgan fingerprint density at radius 3 is 2.80 bits per heavy atom. The van der Waals surface area contributed by atoms with Gasteiger partial charge in [0, 0.05) is 17.7 Å². The number of benzene rings is 2. The minimum absolute atomic E-state index is 0.0491. The van der Waals surface area contributed by atoms with Crippen LogP contribution in [0.15, 0.2) is 48.5 Å². The van der Waals surface area contributed by atoms with Crippen molar-refractivity contribution >= 4 is 11.6 Å². The van der Waals surface area contributed by atoms with Crippen molar-refractivity contribution in [1.29, 1.82) is 0 Å². The Labute approximate surface area is 148 Å². The largest absolute Gasteiger partial charge is 0.493 e. The van der Waals surface area contributed by atoms with Crippen LogP contribution in [0.5, 0.6) is 11.5 Å². The molecule has 1 heterocycles. The van der Waals surface area contributed by atoms with Crippen LogP contribution >= 0.6 is 0 Å².